The maximum atomic E-state index is 10.7. The van der Waals surface area contributed by atoms with E-state index in [4.69, 9.17) is 5.73 Å². The van der Waals surface area contributed by atoms with Crippen LogP contribution < -0.4 is 5.73 Å². The Morgan fingerprint density at radius 2 is 2.15 bits per heavy atom. The molecule has 4 heteroatoms. The first-order chi connectivity index (χ1) is 6.09. The molecule has 0 aromatic rings. The molecular weight excluding hydrogens is 166 g/mol. The maximum absolute atomic E-state index is 10.7. The third-order valence-electron chi connectivity index (χ3n) is 3.18. The summed E-state index contributed by atoms with van der Waals surface area (Å²) in [6.45, 7) is 6.99. The molecule has 2 aliphatic heterocycles. The largest absolute Gasteiger partial charge is 0.369 e. The predicted octanol–water partition coefficient (Wildman–Crippen LogP) is -0.751. The molecule has 4 nitrogen and oxygen atoms in total. The van der Waals surface area contributed by atoms with Crippen molar-refractivity contribution >= 4 is 5.91 Å². The Morgan fingerprint density at radius 1 is 1.46 bits per heavy atom. The van der Waals surface area contributed by atoms with Crippen LogP contribution in [0, 0.1) is 0 Å². The Bertz CT molecular complexity index is 229. The van der Waals surface area contributed by atoms with E-state index in [1.54, 1.807) is 0 Å². The van der Waals surface area contributed by atoms with E-state index in [1.807, 2.05) is 0 Å². The molecule has 0 saturated carbocycles. The number of hydrogen-bond donors (Lipinski definition) is 1. The fraction of sp³-hybridized carbons (Fsp3) is 0.889. The molecule has 2 N–H and O–H groups in total. The highest BCUT2D eigenvalue weighted by Crippen LogP contribution is 2.34. The van der Waals surface area contributed by atoms with Gasteiger partial charge in [0.25, 0.3) is 0 Å². The van der Waals surface area contributed by atoms with Gasteiger partial charge in [0.1, 0.15) is 0 Å². The molecule has 2 atom stereocenters. The van der Waals surface area contributed by atoms with Crippen molar-refractivity contribution in [2.24, 2.45) is 5.73 Å². The van der Waals surface area contributed by atoms with E-state index in [-0.39, 0.29) is 5.91 Å². The molecule has 1 unspecified atom stereocenters. The molecule has 0 radical (unpaired) electrons. The number of fused-ring (bicyclic) bond motifs is 1. The number of likely N-dealkylation sites (tertiary alicyclic amines) is 2. The lowest BCUT2D eigenvalue weighted by Gasteiger charge is -2.63. The summed E-state index contributed by atoms with van der Waals surface area (Å²) < 4.78 is 0. The minimum atomic E-state index is -0.207. The standard InChI is InChI=1S/C9H17N3O/c1-6(2)12-4-7-8(12)3-11(7)5-9(10)13/h6-8H,3-5H2,1-2H3,(H2,10,13)/t7?,8-/m1/s1. The van der Waals surface area contributed by atoms with E-state index in [9.17, 15) is 4.79 Å². The van der Waals surface area contributed by atoms with Crippen LogP contribution in [0.4, 0.5) is 0 Å². The first-order valence-electron chi connectivity index (χ1n) is 4.87. The minimum Gasteiger partial charge on any atom is -0.369 e. The van der Waals surface area contributed by atoms with Crippen molar-refractivity contribution in [2.75, 3.05) is 19.6 Å². The summed E-state index contributed by atoms with van der Waals surface area (Å²) in [5, 5.41) is 0. The molecule has 0 bridgehead atoms. The van der Waals surface area contributed by atoms with E-state index in [0.29, 0.717) is 24.7 Å². The van der Waals surface area contributed by atoms with Crippen LogP contribution in [-0.2, 0) is 4.79 Å². The molecule has 0 spiro atoms. The van der Waals surface area contributed by atoms with Crippen LogP contribution in [0.3, 0.4) is 0 Å². The number of amides is 1. The molecule has 2 aliphatic rings. The van der Waals surface area contributed by atoms with Crippen molar-refractivity contribution in [1.82, 2.24) is 9.80 Å². The van der Waals surface area contributed by atoms with Crippen molar-refractivity contribution in [2.45, 2.75) is 32.0 Å². The molecule has 13 heavy (non-hydrogen) atoms. The van der Waals surface area contributed by atoms with Gasteiger partial charge in [0, 0.05) is 31.2 Å². The van der Waals surface area contributed by atoms with Crippen LogP contribution in [0.25, 0.3) is 0 Å². The summed E-state index contributed by atoms with van der Waals surface area (Å²) in [7, 11) is 0. The Labute approximate surface area is 78.7 Å². The SMILES string of the molecule is CC(C)N1CC2[C@H]1CN2CC(N)=O. The summed E-state index contributed by atoms with van der Waals surface area (Å²) >= 11 is 0. The molecule has 2 saturated heterocycles. The quantitative estimate of drug-likeness (QED) is 0.626. The third-order valence-corrected chi connectivity index (χ3v) is 3.18. The van der Waals surface area contributed by atoms with Crippen molar-refractivity contribution in [1.29, 1.82) is 0 Å². The van der Waals surface area contributed by atoms with Gasteiger partial charge in [0.2, 0.25) is 5.91 Å². The van der Waals surface area contributed by atoms with Crippen molar-refractivity contribution < 1.29 is 4.79 Å². The van der Waals surface area contributed by atoms with Gasteiger partial charge >= 0.3 is 0 Å². The topological polar surface area (TPSA) is 49.6 Å². The normalized spacial score (nSPS) is 33.8. The van der Waals surface area contributed by atoms with Crippen LogP contribution >= 0.6 is 0 Å². The number of piperazine rings is 1. The lowest BCUT2D eigenvalue weighted by atomic mass is 9.84. The number of primary amides is 1. The Balaban J connectivity index is 1.79. The van der Waals surface area contributed by atoms with Gasteiger partial charge < -0.3 is 5.73 Å². The van der Waals surface area contributed by atoms with Gasteiger partial charge in [-0.1, -0.05) is 0 Å². The monoisotopic (exact) mass is 183 g/mol. The summed E-state index contributed by atoms with van der Waals surface area (Å²) in [4.78, 5) is 15.3. The molecule has 2 rings (SSSR count). The summed E-state index contributed by atoms with van der Waals surface area (Å²) in [6, 6.07) is 1.94. The van der Waals surface area contributed by atoms with Gasteiger partial charge in [-0.3, -0.25) is 14.6 Å². The predicted molar refractivity (Wildman–Crippen MR) is 50.2 cm³/mol. The van der Waals surface area contributed by atoms with E-state index in [0.717, 1.165) is 13.1 Å². The Morgan fingerprint density at radius 3 is 2.54 bits per heavy atom. The molecular formula is C9H17N3O. The van der Waals surface area contributed by atoms with Gasteiger partial charge in [-0.15, -0.1) is 0 Å². The fourth-order valence-electron chi connectivity index (χ4n) is 2.35. The van der Waals surface area contributed by atoms with Gasteiger partial charge in [-0.05, 0) is 13.8 Å². The lowest BCUT2D eigenvalue weighted by molar-refractivity contribution is -0.147. The van der Waals surface area contributed by atoms with Gasteiger partial charge in [-0.2, -0.15) is 0 Å². The fourth-order valence-corrected chi connectivity index (χ4v) is 2.35. The zero-order valence-corrected chi connectivity index (χ0v) is 8.23. The van der Waals surface area contributed by atoms with Crippen LogP contribution in [-0.4, -0.2) is 53.5 Å². The second-order valence-corrected chi connectivity index (χ2v) is 4.32. The second-order valence-electron chi connectivity index (χ2n) is 4.32. The molecule has 2 heterocycles. The summed E-state index contributed by atoms with van der Waals surface area (Å²) in [5.74, 6) is -0.207. The number of rotatable bonds is 3. The zero-order chi connectivity index (χ0) is 9.59. The van der Waals surface area contributed by atoms with E-state index < -0.39 is 0 Å². The minimum absolute atomic E-state index is 0.207. The lowest BCUT2D eigenvalue weighted by Crippen LogP contribution is -2.80. The second kappa shape index (κ2) is 2.96. The highest BCUT2D eigenvalue weighted by Gasteiger charge is 2.51. The molecule has 0 aromatic heterocycles. The van der Waals surface area contributed by atoms with Gasteiger partial charge in [0.15, 0.2) is 0 Å². The summed E-state index contributed by atoms with van der Waals surface area (Å²) in [6.07, 6.45) is 0. The number of carbonyl (C=O) groups is 1. The number of nitrogens with two attached hydrogens (primary N) is 1. The molecule has 1 amide bonds. The van der Waals surface area contributed by atoms with Gasteiger partial charge in [0.05, 0.1) is 6.54 Å². The van der Waals surface area contributed by atoms with E-state index in [2.05, 4.69) is 23.6 Å². The van der Waals surface area contributed by atoms with Crippen molar-refractivity contribution in [3.05, 3.63) is 0 Å². The van der Waals surface area contributed by atoms with Crippen molar-refractivity contribution in [3.63, 3.8) is 0 Å². The number of nitrogens with zero attached hydrogens (tertiary/aromatic N) is 2. The first kappa shape index (κ1) is 8.97. The first-order valence-corrected chi connectivity index (χ1v) is 4.87. The van der Waals surface area contributed by atoms with E-state index >= 15 is 0 Å². The average Bonchev–Trinajstić information content (AvgIpc) is 1.97. The molecule has 2 fully saturated rings. The van der Waals surface area contributed by atoms with Crippen LogP contribution in [0.5, 0.6) is 0 Å². The van der Waals surface area contributed by atoms with E-state index in [1.165, 1.54) is 0 Å². The van der Waals surface area contributed by atoms with Crippen LogP contribution in [0.15, 0.2) is 0 Å². The Kier molecular flexibility index (Phi) is 2.04. The zero-order valence-electron chi connectivity index (χ0n) is 8.23. The summed E-state index contributed by atoms with van der Waals surface area (Å²) in [5.41, 5.74) is 5.13. The van der Waals surface area contributed by atoms with Gasteiger partial charge in [-0.25, -0.2) is 0 Å². The molecule has 74 valence electrons. The van der Waals surface area contributed by atoms with Crippen molar-refractivity contribution in [3.8, 4) is 0 Å². The number of hydrogen-bond acceptors (Lipinski definition) is 3. The van der Waals surface area contributed by atoms with Crippen LogP contribution in [0.2, 0.25) is 0 Å². The molecule has 0 aliphatic carbocycles. The smallest absolute Gasteiger partial charge is 0.231 e. The average molecular weight is 183 g/mol. The highest BCUT2D eigenvalue weighted by atomic mass is 16.1. The Hall–Kier alpha value is -0.610. The molecule has 0 aromatic carbocycles. The maximum Gasteiger partial charge on any atom is 0.231 e. The third kappa shape index (κ3) is 1.34. The van der Waals surface area contributed by atoms with Crippen LogP contribution in [0.1, 0.15) is 13.8 Å². The number of carbonyl (C=O) groups excluding carboxylic acids is 1. The highest BCUT2D eigenvalue weighted by molar-refractivity contribution is 5.76.